The minimum Gasteiger partial charge on any atom is -0.355 e. The summed E-state index contributed by atoms with van der Waals surface area (Å²) in [6.45, 7) is 15.2. The molecule has 148 valence electrons. The van der Waals surface area contributed by atoms with E-state index in [1.54, 1.807) is 0 Å². The van der Waals surface area contributed by atoms with E-state index in [4.69, 9.17) is 0 Å². The van der Waals surface area contributed by atoms with Gasteiger partial charge in [-0.1, -0.05) is 20.3 Å². The van der Waals surface area contributed by atoms with Gasteiger partial charge in [-0.2, -0.15) is 0 Å². The largest absolute Gasteiger partial charge is 0.355 e. The normalized spacial score (nSPS) is 22.3. The molecule has 1 N–H and O–H groups in total. The molecule has 0 spiro atoms. The Bertz CT molecular complexity index is 371. The van der Waals surface area contributed by atoms with Crippen LogP contribution < -0.4 is 5.32 Å². The predicted molar refractivity (Wildman–Crippen MR) is 119 cm³/mol. The van der Waals surface area contributed by atoms with Crippen molar-refractivity contribution in [1.29, 1.82) is 0 Å². The van der Waals surface area contributed by atoms with E-state index in [-0.39, 0.29) is 24.0 Å². The van der Waals surface area contributed by atoms with Gasteiger partial charge in [-0.3, -0.25) is 4.99 Å². The molecule has 0 amide bonds. The number of hydrogen-bond acceptors (Lipinski definition) is 3. The van der Waals surface area contributed by atoms with Gasteiger partial charge in [-0.15, -0.1) is 24.0 Å². The molecule has 0 bridgehead atoms. The summed E-state index contributed by atoms with van der Waals surface area (Å²) in [6, 6.07) is 0. The molecule has 1 atom stereocenters. The van der Waals surface area contributed by atoms with E-state index >= 15 is 0 Å². The second-order valence-electron chi connectivity index (χ2n) is 7.37. The lowest BCUT2D eigenvalue weighted by molar-refractivity contribution is 0.198. The van der Waals surface area contributed by atoms with Crippen LogP contribution in [0.3, 0.4) is 0 Å². The lowest BCUT2D eigenvalue weighted by atomic mass is 10.1. The van der Waals surface area contributed by atoms with Crippen molar-refractivity contribution in [3.63, 3.8) is 0 Å². The number of nitrogens with zero attached hydrogens (tertiary/aromatic N) is 4. The van der Waals surface area contributed by atoms with Gasteiger partial charge in [0.2, 0.25) is 0 Å². The molecular formula is C19H40IN5. The van der Waals surface area contributed by atoms with E-state index in [1.807, 2.05) is 7.05 Å². The third-order valence-corrected chi connectivity index (χ3v) is 5.46. The van der Waals surface area contributed by atoms with E-state index in [9.17, 15) is 0 Å². The van der Waals surface area contributed by atoms with Crippen molar-refractivity contribution in [1.82, 2.24) is 20.0 Å². The van der Waals surface area contributed by atoms with E-state index in [2.05, 4.69) is 38.9 Å². The first-order valence-electron chi connectivity index (χ1n) is 10.2. The maximum atomic E-state index is 4.52. The van der Waals surface area contributed by atoms with Crippen molar-refractivity contribution in [3.05, 3.63) is 0 Å². The Morgan fingerprint density at radius 3 is 2.52 bits per heavy atom. The van der Waals surface area contributed by atoms with Gasteiger partial charge in [0.1, 0.15) is 0 Å². The van der Waals surface area contributed by atoms with Crippen molar-refractivity contribution in [2.75, 3.05) is 66.0 Å². The molecule has 0 aromatic rings. The number of piperidine rings is 1. The Hall–Kier alpha value is -0.0800. The molecule has 2 saturated heterocycles. The highest BCUT2D eigenvalue weighted by molar-refractivity contribution is 14.0. The Kier molecular flexibility index (Phi) is 12.1. The van der Waals surface area contributed by atoms with Crippen molar-refractivity contribution in [2.45, 2.75) is 46.0 Å². The van der Waals surface area contributed by atoms with Crippen LogP contribution in [-0.4, -0.2) is 86.6 Å². The first-order valence-corrected chi connectivity index (χ1v) is 10.2. The van der Waals surface area contributed by atoms with E-state index in [1.165, 1.54) is 64.8 Å². The van der Waals surface area contributed by atoms with Crippen molar-refractivity contribution >= 4 is 29.9 Å². The molecule has 0 aromatic carbocycles. The quantitative estimate of drug-likeness (QED) is 0.340. The predicted octanol–water partition coefficient (Wildman–Crippen LogP) is 2.72. The molecule has 0 aromatic heterocycles. The lowest BCUT2D eigenvalue weighted by Gasteiger charge is -2.29. The van der Waals surface area contributed by atoms with Gasteiger partial charge in [-0.25, -0.2) is 0 Å². The van der Waals surface area contributed by atoms with Gasteiger partial charge >= 0.3 is 0 Å². The molecule has 2 heterocycles. The molecule has 25 heavy (non-hydrogen) atoms. The molecule has 0 radical (unpaired) electrons. The second-order valence-corrected chi connectivity index (χ2v) is 7.37. The zero-order valence-corrected chi connectivity index (χ0v) is 19.0. The van der Waals surface area contributed by atoms with Gasteiger partial charge in [-0.05, 0) is 57.8 Å². The topological polar surface area (TPSA) is 34.1 Å². The zero-order chi connectivity index (χ0) is 17.2. The molecule has 6 heteroatoms. The van der Waals surface area contributed by atoms with Gasteiger partial charge in [0.05, 0.1) is 0 Å². The van der Waals surface area contributed by atoms with Crippen LogP contribution >= 0.6 is 24.0 Å². The maximum Gasteiger partial charge on any atom is 0.193 e. The molecule has 1 unspecified atom stereocenters. The van der Waals surface area contributed by atoms with E-state index in [0.717, 1.165) is 38.1 Å². The summed E-state index contributed by atoms with van der Waals surface area (Å²) >= 11 is 0. The minimum atomic E-state index is 0. The Morgan fingerprint density at radius 1 is 1.12 bits per heavy atom. The van der Waals surface area contributed by atoms with Gasteiger partial charge in [0.15, 0.2) is 5.96 Å². The molecular weight excluding hydrogens is 425 g/mol. The Balaban J connectivity index is 0.00000312. The van der Waals surface area contributed by atoms with E-state index < -0.39 is 0 Å². The summed E-state index contributed by atoms with van der Waals surface area (Å²) in [5.74, 6) is 1.91. The third kappa shape index (κ3) is 7.99. The van der Waals surface area contributed by atoms with Crippen LogP contribution in [0.5, 0.6) is 0 Å². The summed E-state index contributed by atoms with van der Waals surface area (Å²) in [4.78, 5) is 12.2. The Morgan fingerprint density at radius 2 is 1.88 bits per heavy atom. The third-order valence-electron chi connectivity index (χ3n) is 5.46. The van der Waals surface area contributed by atoms with Crippen molar-refractivity contribution in [3.8, 4) is 0 Å². The molecule has 2 aliphatic heterocycles. The van der Waals surface area contributed by atoms with Gasteiger partial charge in [0, 0.05) is 39.8 Å². The van der Waals surface area contributed by atoms with E-state index in [0.29, 0.717) is 0 Å². The average Bonchev–Trinajstić information content (AvgIpc) is 3.07. The van der Waals surface area contributed by atoms with Crippen LogP contribution in [0, 0.1) is 5.92 Å². The summed E-state index contributed by atoms with van der Waals surface area (Å²) in [5.41, 5.74) is 0. The van der Waals surface area contributed by atoms with Crippen LogP contribution in [-0.2, 0) is 0 Å². The standard InChI is InChI=1S/C19H39N5.HI/c1-4-11-22(5-2)15-10-21-19(20-3)24-14-9-18(17-24)16-23-12-7-6-8-13-23;/h18H,4-17H2,1-3H3,(H,20,21);1H. The van der Waals surface area contributed by atoms with Crippen molar-refractivity contribution < 1.29 is 0 Å². The lowest BCUT2D eigenvalue weighted by Crippen LogP contribution is -2.44. The number of aliphatic imine (C=N–C) groups is 1. The van der Waals surface area contributed by atoms with Crippen LogP contribution in [0.2, 0.25) is 0 Å². The average molecular weight is 465 g/mol. The highest BCUT2D eigenvalue weighted by atomic mass is 127. The van der Waals surface area contributed by atoms with Gasteiger partial charge in [0.25, 0.3) is 0 Å². The van der Waals surface area contributed by atoms with Crippen LogP contribution in [0.1, 0.15) is 46.0 Å². The molecule has 0 aliphatic carbocycles. The number of likely N-dealkylation sites (tertiary alicyclic amines) is 2. The first kappa shape index (κ1) is 23.0. The molecule has 2 aliphatic rings. The monoisotopic (exact) mass is 465 g/mol. The molecule has 0 saturated carbocycles. The molecule has 2 rings (SSSR count). The number of rotatable bonds is 8. The molecule has 2 fully saturated rings. The van der Waals surface area contributed by atoms with Crippen LogP contribution in [0.15, 0.2) is 4.99 Å². The van der Waals surface area contributed by atoms with Crippen molar-refractivity contribution in [2.24, 2.45) is 10.9 Å². The number of halogens is 1. The first-order chi connectivity index (χ1) is 11.8. The summed E-state index contributed by atoms with van der Waals surface area (Å²) in [6.07, 6.45) is 6.76. The maximum absolute atomic E-state index is 4.52. The fourth-order valence-electron chi connectivity index (χ4n) is 4.08. The second kappa shape index (κ2) is 13.1. The Labute approximate surface area is 172 Å². The highest BCUT2D eigenvalue weighted by Crippen LogP contribution is 2.19. The van der Waals surface area contributed by atoms with Gasteiger partial charge < -0.3 is 20.0 Å². The summed E-state index contributed by atoms with van der Waals surface area (Å²) in [7, 11) is 1.92. The minimum absolute atomic E-state index is 0. The fraction of sp³-hybridized carbons (Fsp3) is 0.947. The smallest absolute Gasteiger partial charge is 0.193 e. The zero-order valence-electron chi connectivity index (χ0n) is 16.7. The fourth-order valence-corrected chi connectivity index (χ4v) is 4.08. The summed E-state index contributed by atoms with van der Waals surface area (Å²) < 4.78 is 0. The summed E-state index contributed by atoms with van der Waals surface area (Å²) in [5, 5.41) is 3.58. The van der Waals surface area contributed by atoms with Crippen LogP contribution in [0.4, 0.5) is 0 Å². The SMILES string of the molecule is CCCN(CC)CCNC(=NC)N1CCC(CN2CCCCC2)C1.I. The molecule has 5 nitrogen and oxygen atoms in total. The highest BCUT2D eigenvalue weighted by Gasteiger charge is 2.26. The number of nitrogens with one attached hydrogen (secondary N) is 1. The number of hydrogen-bond donors (Lipinski definition) is 1. The number of likely N-dealkylation sites (N-methyl/N-ethyl adjacent to an activating group) is 1. The van der Waals surface area contributed by atoms with Crippen LogP contribution in [0.25, 0.3) is 0 Å². The number of guanidine groups is 1.